The van der Waals surface area contributed by atoms with Crippen LogP contribution in [0.1, 0.15) is 38.2 Å². The van der Waals surface area contributed by atoms with E-state index in [0.29, 0.717) is 18.4 Å². The second kappa shape index (κ2) is 7.43. The van der Waals surface area contributed by atoms with Crippen molar-refractivity contribution in [3.8, 4) is 0 Å². The number of rotatable bonds is 5. The molecule has 6 nitrogen and oxygen atoms in total. The molecule has 26 heavy (non-hydrogen) atoms. The van der Waals surface area contributed by atoms with Gasteiger partial charge in [0.05, 0.1) is 0 Å². The molecule has 1 aliphatic heterocycles. The summed E-state index contributed by atoms with van der Waals surface area (Å²) in [6.45, 7) is 1.90. The van der Waals surface area contributed by atoms with Gasteiger partial charge in [-0.1, -0.05) is 38.0 Å². The number of imide groups is 1. The summed E-state index contributed by atoms with van der Waals surface area (Å²) < 4.78 is 13.6. The Bertz CT molecular complexity index is 724. The van der Waals surface area contributed by atoms with Crippen LogP contribution in [0, 0.1) is 11.7 Å². The van der Waals surface area contributed by atoms with Gasteiger partial charge in [0.15, 0.2) is 0 Å². The van der Waals surface area contributed by atoms with Crippen LogP contribution < -0.4 is 10.6 Å². The first-order chi connectivity index (χ1) is 12.4. The van der Waals surface area contributed by atoms with E-state index in [1.165, 1.54) is 6.07 Å². The minimum Gasteiger partial charge on any atom is -0.354 e. The molecule has 1 saturated heterocycles. The van der Waals surface area contributed by atoms with Crippen molar-refractivity contribution in [1.29, 1.82) is 0 Å². The number of amides is 4. The Balaban J connectivity index is 1.55. The SMILES string of the molecule is C[C@@H]1CCCC[C@@]12NC(=O)N(CC(=O)NCCc1ccccc1F)C2=O. The van der Waals surface area contributed by atoms with Crippen molar-refractivity contribution >= 4 is 17.8 Å². The highest BCUT2D eigenvalue weighted by Gasteiger charge is 2.55. The lowest BCUT2D eigenvalue weighted by Crippen LogP contribution is -2.54. The molecule has 3 rings (SSSR count). The van der Waals surface area contributed by atoms with Crippen molar-refractivity contribution in [3.05, 3.63) is 35.6 Å². The maximum absolute atomic E-state index is 13.6. The molecular weight excluding hydrogens is 337 g/mol. The number of carbonyl (C=O) groups is 3. The highest BCUT2D eigenvalue weighted by molar-refractivity contribution is 6.09. The van der Waals surface area contributed by atoms with Crippen molar-refractivity contribution in [2.24, 2.45) is 5.92 Å². The standard InChI is InChI=1S/C19H24FN3O3/c1-13-6-4-5-10-19(13)17(25)23(18(26)22-19)12-16(24)21-11-9-14-7-2-3-8-15(14)20/h2-3,7-8,13H,4-6,9-12H2,1H3,(H,21,24)(H,22,26)/t13-,19-/m1/s1. The molecule has 4 amide bonds. The number of urea groups is 1. The molecule has 7 heteroatoms. The fraction of sp³-hybridized carbons (Fsp3) is 0.526. The molecule has 140 valence electrons. The van der Waals surface area contributed by atoms with Crippen molar-refractivity contribution in [2.75, 3.05) is 13.1 Å². The fourth-order valence-electron chi connectivity index (χ4n) is 3.88. The van der Waals surface area contributed by atoms with Gasteiger partial charge in [-0.25, -0.2) is 9.18 Å². The average molecular weight is 361 g/mol. The molecule has 1 aromatic carbocycles. The highest BCUT2D eigenvalue weighted by atomic mass is 19.1. The van der Waals surface area contributed by atoms with Crippen molar-refractivity contribution < 1.29 is 18.8 Å². The Labute approximate surface area is 152 Å². The predicted octanol–water partition coefficient (Wildman–Crippen LogP) is 1.99. The maximum atomic E-state index is 13.6. The van der Waals surface area contributed by atoms with Gasteiger partial charge in [0.2, 0.25) is 5.91 Å². The topological polar surface area (TPSA) is 78.5 Å². The molecule has 0 aromatic heterocycles. The molecule has 1 saturated carbocycles. The molecule has 0 radical (unpaired) electrons. The summed E-state index contributed by atoms with van der Waals surface area (Å²) in [5.74, 6) is -0.991. The number of hydrogen-bond acceptors (Lipinski definition) is 3. The normalized spacial score (nSPS) is 25.5. The average Bonchev–Trinajstić information content (AvgIpc) is 2.84. The monoisotopic (exact) mass is 361 g/mol. The number of hydrogen-bond donors (Lipinski definition) is 2. The van der Waals surface area contributed by atoms with Crippen molar-refractivity contribution in [2.45, 2.75) is 44.6 Å². The molecule has 0 unspecified atom stereocenters. The molecule has 2 N–H and O–H groups in total. The van der Waals surface area contributed by atoms with E-state index in [9.17, 15) is 18.8 Å². The first-order valence-corrected chi connectivity index (χ1v) is 9.08. The number of halogens is 1. The summed E-state index contributed by atoms with van der Waals surface area (Å²) >= 11 is 0. The largest absolute Gasteiger partial charge is 0.354 e. The van der Waals surface area contributed by atoms with E-state index in [2.05, 4.69) is 10.6 Å². The lowest BCUT2D eigenvalue weighted by molar-refractivity contribution is -0.137. The van der Waals surface area contributed by atoms with Gasteiger partial charge in [0, 0.05) is 6.54 Å². The molecule has 2 fully saturated rings. The van der Waals surface area contributed by atoms with Crippen molar-refractivity contribution in [1.82, 2.24) is 15.5 Å². The van der Waals surface area contributed by atoms with Crippen LogP contribution in [-0.2, 0) is 16.0 Å². The van der Waals surface area contributed by atoms with E-state index in [1.807, 2.05) is 6.92 Å². The summed E-state index contributed by atoms with van der Waals surface area (Å²) in [6, 6.07) is 5.87. The Morgan fingerprint density at radius 3 is 2.85 bits per heavy atom. The Hall–Kier alpha value is -2.44. The Morgan fingerprint density at radius 1 is 1.35 bits per heavy atom. The highest BCUT2D eigenvalue weighted by Crippen LogP contribution is 2.38. The smallest absolute Gasteiger partial charge is 0.325 e. The second-order valence-corrected chi connectivity index (χ2v) is 7.13. The van der Waals surface area contributed by atoms with E-state index in [-0.39, 0.29) is 30.7 Å². The summed E-state index contributed by atoms with van der Waals surface area (Å²) in [7, 11) is 0. The zero-order chi connectivity index (χ0) is 18.7. The molecule has 2 atom stereocenters. The van der Waals surface area contributed by atoms with Crippen LogP contribution in [0.4, 0.5) is 9.18 Å². The van der Waals surface area contributed by atoms with E-state index in [4.69, 9.17) is 0 Å². The van der Waals surface area contributed by atoms with Gasteiger partial charge in [-0.3, -0.25) is 14.5 Å². The molecule has 1 aliphatic carbocycles. The molecule has 1 spiro atoms. The second-order valence-electron chi connectivity index (χ2n) is 7.13. The minimum atomic E-state index is -0.858. The number of carbonyl (C=O) groups excluding carboxylic acids is 3. The fourth-order valence-corrected chi connectivity index (χ4v) is 3.88. The number of nitrogens with one attached hydrogen (secondary N) is 2. The van der Waals surface area contributed by atoms with Gasteiger partial charge in [0.1, 0.15) is 17.9 Å². The molecule has 0 bridgehead atoms. The maximum Gasteiger partial charge on any atom is 0.325 e. The van der Waals surface area contributed by atoms with Crippen LogP contribution in [0.2, 0.25) is 0 Å². The van der Waals surface area contributed by atoms with Crippen molar-refractivity contribution in [3.63, 3.8) is 0 Å². The molecule has 1 aromatic rings. The van der Waals surface area contributed by atoms with Crippen LogP contribution in [0.5, 0.6) is 0 Å². The molecular formula is C19H24FN3O3. The third kappa shape index (κ3) is 3.43. The van der Waals surface area contributed by atoms with E-state index in [1.54, 1.807) is 18.2 Å². The predicted molar refractivity (Wildman–Crippen MR) is 93.7 cm³/mol. The van der Waals surface area contributed by atoms with Gasteiger partial charge < -0.3 is 10.6 Å². The lowest BCUT2D eigenvalue weighted by atomic mass is 9.73. The van der Waals surface area contributed by atoms with E-state index >= 15 is 0 Å². The van der Waals surface area contributed by atoms with Gasteiger partial charge in [-0.15, -0.1) is 0 Å². The zero-order valence-corrected chi connectivity index (χ0v) is 14.9. The summed E-state index contributed by atoms with van der Waals surface area (Å²) in [5, 5.41) is 5.47. The van der Waals surface area contributed by atoms with Crippen LogP contribution >= 0.6 is 0 Å². The van der Waals surface area contributed by atoms with Gasteiger partial charge >= 0.3 is 6.03 Å². The molecule has 1 heterocycles. The van der Waals surface area contributed by atoms with Crippen LogP contribution in [0.25, 0.3) is 0 Å². The van der Waals surface area contributed by atoms with Crippen LogP contribution in [0.15, 0.2) is 24.3 Å². The quantitative estimate of drug-likeness (QED) is 0.787. The minimum absolute atomic E-state index is 0.0572. The number of nitrogens with zero attached hydrogens (tertiary/aromatic N) is 1. The van der Waals surface area contributed by atoms with Crippen LogP contribution in [-0.4, -0.2) is 41.4 Å². The van der Waals surface area contributed by atoms with Gasteiger partial charge in [-0.2, -0.15) is 0 Å². The first kappa shape index (κ1) is 18.4. The third-order valence-corrected chi connectivity index (χ3v) is 5.48. The summed E-state index contributed by atoms with van der Waals surface area (Å²) in [4.78, 5) is 38.2. The zero-order valence-electron chi connectivity index (χ0n) is 14.9. The van der Waals surface area contributed by atoms with E-state index < -0.39 is 17.5 Å². The summed E-state index contributed by atoms with van der Waals surface area (Å²) in [5.41, 5.74) is -0.347. The first-order valence-electron chi connectivity index (χ1n) is 9.08. The lowest BCUT2D eigenvalue weighted by Gasteiger charge is -2.36. The van der Waals surface area contributed by atoms with Gasteiger partial charge in [0.25, 0.3) is 5.91 Å². The van der Waals surface area contributed by atoms with Gasteiger partial charge in [-0.05, 0) is 36.8 Å². The van der Waals surface area contributed by atoms with E-state index in [0.717, 1.165) is 24.2 Å². The third-order valence-electron chi connectivity index (χ3n) is 5.48. The Kier molecular flexibility index (Phi) is 5.25. The Morgan fingerprint density at radius 2 is 2.12 bits per heavy atom. The molecule has 2 aliphatic rings. The van der Waals surface area contributed by atoms with Crippen LogP contribution in [0.3, 0.4) is 0 Å². The number of benzene rings is 1. The summed E-state index contributed by atoms with van der Waals surface area (Å²) in [6.07, 6.45) is 3.78.